The van der Waals surface area contributed by atoms with Crippen molar-refractivity contribution in [3.05, 3.63) is 30.1 Å². The van der Waals surface area contributed by atoms with Gasteiger partial charge in [0.15, 0.2) is 0 Å². The molecule has 3 rings (SSSR count). The lowest BCUT2D eigenvalue weighted by atomic mass is 9.97. The highest BCUT2D eigenvalue weighted by Crippen LogP contribution is 2.35. The summed E-state index contributed by atoms with van der Waals surface area (Å²) in [5, 5.41) is 5.96. The average molecular weight is 269 g/mol. The van der Waals surface area contributed by atoms with Crippen molar-refractivity contribution in [1.29, 1.82) is 0 Å². The molecule has 3 atom stereocenters. The van der Waals surface area contributed by atoms with Gasteiger partial charge in [-0.2, -0.15) is 0 Å². The van der Waals surface area contributed by atoms with E-state index in [2.05, 4.69) is 36.3 Å². The third kappa shape index (κ3) is 2.21. The van der Waals surface area contributed by atoms with Crippen LogP contribution in [0, 0.1) is 18.8 Å². The van der Waals surface area contributed by atoms with Crippen LogP contribution in [0.25, 0.3) is 10.8 Å². The lowest BCUT2D eigenvalue weighted by Crippen LogP contribution is -2.24. The summed E-state index contributed by atoms with van der Waals surface area (Å²) >= 11 is 0. The molecule has 1 saturated carbocycles. The summed E-state index contributed by atoms with van der Waals surface area (Å²) in [5.74, 6) is 1.52. The number of nitrogens with one attached hydrogen (secondary N) is 1. The zero-order valence-corrected chi connectivity index (χ0v) is 12.5. The molecule has 0 aliphatic heterocycles. The van der Waals surface area contributed by atoms with Crippen LogP contribution in [0.1, 0.15) is 32.4 Å². The van der Waals surface area contributed by atoms with E-state index in [0.29, 0.717) is 12.0 Å². The molecule has 20 heavy (non-hydrogen) atoms. The Labute approximate surface area is 120 Å². The van der Waals surface area contributed by atoms with E-state index in [9.17, 15) is 0 Å². The van der Waals surface area contributed by atoms with Gasteiger partial charge in [0.1, 0.15) is 0 Å². The van der Waals surface area contributed by atoms with Gasteiger partial charge in [0.05, 0.1) is 0 Å². The lowest BCUT2D eigenvalue weighted by molar-refractivity contribution is 0.435. The summed E-state index contributed by atoms with van der Waals surface area (Å²) in [7, 11) is 0. The Kier molecular flexibility index (Phi) is 3.28. The number of anilines is 2. The first-order valence-electron chi connectivity index (χ1n) is 7.47. The number of nitrogens with zero attached hydrogens (tertiary/aromatic N) is 1. The molecule has 0 radical (unpaired) electrons. The van der Waals surface area contributed by atoms with E-state index < -0.39 is 0 Å². The molecule has 0 saturated heterocycles. The summed E-state index contributed by atoms with van der Waals surface area (Å²) in [6.07, 6.45) is 4.44. The Morgan fingerprint density at radius 1 is 1.20 bits per heavy atom. The molecular formula is C17H23N3. The molecule has 3 heteroatoms. The fourth-order valence-corrected chi connectivity index (χ4v) is 3.26. The van der Waals surface area contributed by atoms with E-state index in [-0.39, 0.29) is 0 Å². The highest BCUT2D eigenvalue weighted by Gasteiger charge is 2.29. The number of hydrogen-bond acceptors (Lipinski definition) is 3. The standard InChI is InChI=1S/C17H23N3/c1-10-4-6-16(12(10)3)20-17-7-5-15(18)14-9-19-11(2)8-13(14)17/h5,7-10,12,16,20H,4,6,18H2,1-3H3. The third-order valence-corrected chi connectivity index (χ3v) is 4.88. The van der Waals surface area contributed by atoms with Gasteiger partial charge in [0.25, 0.3) is 0 Å². The second-order valence-corrected chi connectivity index (χ2v) is 6.24. The van der Waals surface area contributed by atoms with Crippen molar-refractivity contribution >= 4 is 22.1 Å². The second-order valence-electron chi connectivity index (χ2n) is 6.24. The molecule has 2 aromatic rings. The van der Waals surface area contributed by atoms with Crippen LogP contribution in [0.4, 0.5) is 11.4 Å². The SMILES string of the molecule is Cc1cc2c(NC3CCC(C)C3C)ccc(N)c2cn1. The first kappa shape index (κ1) is 13.2. The lowest BCUT2D eigenvalue weighted by Gasteiger charge is -2.22. The Morgan fingerprint density at radius 2 is 2.00 bits per heavy atom. The molecule has 1 aliphatic rings. The van der Waals surface area contributed by atoms with Crippen LogP contribution in [0.5, 0.6) is 0 Å². The molecule has 1 aliphatic carbocycles. The van der Waals surface area contributed by atoms with Crippen LogP contribution in [-0.4, -0.2) is 11.0 Å². The van der Waals surface area contributed by atoms with Gasteiger partial charge >= 0.3 is 0 Å². The first-order valence-corrected chi connectivity index (χ1v) is 7.47. The van der Waals surface area contributed by atoms with Crippen LogP contribution in [0.2, 0.25) is 0 Å². The summed E-state index contributed by atoms with van der Waals surface area (Å²) in [5.41, 5.74) is 9.07. The maximum absolute atomic E-state index is 6.06. The molecule has 1 fully saturated rings. The van der Waals surface area contributed by atoms with Gasteiger partial charge in [-0.15, -0.1) is 0 Å². The summed E-state index contributed by atoms with van der Waals surface area (Å²) < 4.78 is 0. The molecule has 106 valence electrons. The van der Waals surface area contributed by atoms with E-state index in [1.54, 1.807) is 0 Å². The highest BCUT2D eigenvalue weighted by atomic mass is 14.9. The van der Waals surface area contributed by atoms with Gasteiger partial charge in [-0.3, -0.25) is 4.98 Å². The van der Waals surface area contributed by atoms with Crippen LogP contribution in [0.3, 0.4) is 0 Å². The van der Waals surface area contributed by atoms with Crippen LogP contribution < -0.4 is 11.1 Å². The molecule has 3 unspecified atom stereocenters. The predicted octanol–water partition coefficient (Wildman–Crippen LogP) is 3.97. The van der Waals surface area contributed by atoms with Gasteiger partial charge in [-0.1, -0.05) is 13.8 Å². The number of aromatic nitrogens is 1. The van der Waals surface area contributed by atoms with Gasteiger partial charge in [0.2, 0.25) is 0 Å². The van der Waals surface area contributed by atoms with Gasteiger partial charge in [0, 0.05) is 40.1 Å². The highest BCUT2D eigenvalue weighted by molar-refractivity contribution is 6.00. The maximum Gasteiger partial charge on any atom is 0.0424 e. The van der Waals surface area contributed by atoms with Crippen molar-refractivity contribution in [3.63, 3.8) is 0 Å². The largest absolute Gasteiger partial charge is 0.398 e. The molecule has 3 nitrogen and oxygen atoms in total. The molecule has 1 aromatic heterocycles. The number of rotatable bonds is 2. The predicted molar refractivity (Wildman–Crippen MR) is 85.9 cm³/mol. The average Bonchev–Trinajstić information content (AvgIpc) is 2.74. The Bertz CT molecular complexity index is 635. The number of nitrogens with two attached hydrogens (primary N) is 1. The number of pyridine rings is 1. The van der Waals surface area contributed by atoms with Crippen molar-refractivity contribution in [2.24, 2.45) is 11.8 Å². The molecule has 0 spiro atoms. The number of benzene rings is 1. The van der Waals surface area contributed by atoms with Crippen LogP contribution in [-0.2, 0) is 0 Å². The molecule has 1 aromatic carbocycles. The Hall–Kier alpha value is -1.77. The van der Waals surface area contributed by atoms with Crippen molar-refractivity contribution in [2.45, 2.75) is 39.7 Å². The number of nitrogen functional groups attached to an aromatic ring is 1. The van der Waals surface area contributed by atoms with E-state index in [1.807, 2.05) is 19.2 Å². The fourth-order valence-electron chi connectivity index (χ4n) is 3.26. The van der Waals surface area contributed by atoms with Crippen molar-refractivity contribution in [2.75, 3.05) is 11.1 Å². The Balaban J connectivity index is 1.99. The quantitative estimate of drug-likeness (QED) is 0.811. The van der Waals surface area contributed by atoms with E-state index in [4.69, 9.17) is 5.73 Å². The van der Waals surface area contributed by atoms with Crippen LogP contribution in [0.15, 0.2) is 24.4 Å². The van der Waals surface area contributed by atoms with Gasteiger partial charge in [-0.25, -0.2) is 0 Å². The minimum atomic E-state index is 0.560. The first-order chi connectivity index (χ1) is 9.56. The molecule has 1 heterocycles. The van der Waals surface area contributed by atoms with Gasteiger partial charge in [-0.05, 0) is 49.8 Å². The monoisotopic (exact) mass is 269 g/mol. The number of fused-ring (bicyclic) bond motifs is 1. The summed E-state index contributed by atoms with van der Waals surface area (Å²) in [4.78, 5) is 4.36. The second kappa shape index (κ2) is 4.97. The molecule has 3 N–H and O–H groups in total. The van der Waals surface area contributed by atoms with Crippen molar-refractivity contribution in [1.82, 2.24) is 4.98 Å². The van der Waals surface area contributed by atoms with Crippen molar-refractivity contribution in [3.8, 4) is 0 Å². The zero-order chi connectivity index (χ0) is 14.3. The topological polar surface area (TPSA) is 50.9 Å². The minimum absolute atomic E-state index is 0.560. The third-order valence-electron chi connectivity index (χ3n) is 4.88. The molecular weight excluding hydrogens is 246 g/mol. The van der Waals surface area contributed by atoms with Crippen molar-refractivity contribution < 1.29 is 0 Å². The summed E-state index contributed by atoms with van der Waals surface area (Å²) in [6, 6.07) is 6.76. The van der Waals surface area contributed by atoms with E-state index >= 15 is 0 Å². The zero-order valence-electron chi connectivity index (χ0n) is 12.5. The maximum atomic E-state index is 6.06. The fraction of sp³-hybridized carbons (Fsp3) is 0.471. The normalized spacial score (nSPS) is 26.1. The van der Waals surface area contributed by atoms with E-state index in [1.165, 1.54) is 23.9 Å². The smallest absolute Gasteiger partial charge is 0.0424 e. The molecule has 0 bridgehead atoms. The number of aryl methyl sites for hydroxylation is 1. The minimum Gasteiger partial charge on any atom is -0.398 e. The van der Waals surface area contributed by atoms with E-state index in [0.717, 1.165) is 22.7 Å². The van der Waals surface area contributed by atoms with Gasteiger partial charge < -0.3 is 11.1 Å². The number of hydrogen-bond donors (Lipinski definition) is 2. The van der Waals surface area contributed by atoms with Crippen LogP contribution >= 0.6 is 0 Å². The molecule has 0 amide bonds. The summed E-state index contributed by atoms with van der Waals surface area (Å²) in [6.45, 7) is 6.72. The Morgan fingerprint density at radius 3 is 2.70 bits per heavy atom.